The molecule has 1 aliphatic carbocycles. The SMILES string of the molecule is CN1CCC(C2(CN)CC(O)C2)CC1. The predicted molar refractivity (Wildman–Crippen MR) is 56.9 cm³/mol. The van der Waals surface area contributed by atoms with Crippen LogP contribution in [0.3, 0.4) is 0 Å². The van der Waals surface area contributed by atoms with E-state index in [9.17, 15) is 5.11 Å². The molecule has 14 heavy (non-hydrogen) atoms. The summed E-state index contributed by atoms with van der Waals surface area (Å²) in [5, 5.41) is 9.43. The largest absolute Gasteiger partial charge is 0.393 e. The molecule has 3 N–H and O–H groups in total. The van der Waals surface area contributed by atoms with Gasteiger partial charge in [0, 0.05) is 0 Å². The fraction of sp³-hybridized carbons (Fsp3) is 1.00. The zero-order valence-electron chi connectivity index (χ0n) is 9.08. The molecular formula is C11H22N2O. The first-order valence-electron chi connectivity index (χ1n) is 5.73. The quantitative estimate of drug-likeness (QED) is 0.676. The molecule has 2 aliphatic rings. The molecule has 0 radical (unpaired) electrons. The summed E-state index contributed by atoms with van der Waals surface area (Å²) in [4.78, 5) is 2.38. The summed E-state index contributed by atoms with van der Waals surface area (Å²) in [6, 6.07) is 0. The van der Waals surface area contributed by atoms with E-state index in [2.05, 4.69) is 11.9 Å². The highest BCUT2D eigenvalue weighted by Gasteiger charge is 2.48. The lowest BCUT2D eigenvalue weighted by Gasteiger charge is -2.52. The van der Waals surface area contributed by atoms with E-state index in [1.807, 2.05) is 0 Å². The lowest BCUT2D eigenvalue weighted by Crippen LogP contribution is -2.53. The van der Waals surface area contributed by atoms with Gasteiger partial charge >= 0.3 is 0 Å². The van der Waals surface area contributed by atoms with Gasteiger partial charge in [-0.25, -0.2) is 0 Å². The molecule has 2 rings (SSSR count). The molecule has 0 amide bonds. The van der Waals surface area contributed by atoms with E-state index in [1.165, 1.54) is 25.9 Å². The Kier molecular flexibility index (Phi) is 2.82. The number of piperidine rings is 1. The summed E-state index contributed by atoms with van der Waals surface area (Å²) in [6.45, 7) is 3.16. The van der Waals surface area contributed by atoms with Gasteiger partial charge in [0.2, 0.25) is 0 Å². The highest BCUT2D eigenvalue weighted by atomic mass is 16.3. The summed E-state index contributed by atoms with van der Waals surface area (Å²) in [6.07, 6.45) is 4.34. The van der Waals surface area contributed by atoms with Crippen molar-refractivity contribution < 1.29 is 5.11 Å². The van der Waals surface area contributed by atoms with Crippen molar-refractivity contribution >= 4 is 0 Å². The van der Waals surface area contributed by atoms with E-state index in [-0.39, 0.29) is 6.10 Å². The van der Waals surface area contributed by atoms with Crippen LogP contribution in [0.4, 0.5) is 0 Å². The maximum absolute atomic E-state index is 9.43. The molecule has 1 saturated carbocycles. The second-order valence-corrected chi connectivity index (χ2v) is 5.21. The molecule has 0 spiro atoms. The lowest BCUT2D eigenvalue weighted by atomic mass is 9.57. The Bertz CT molecular complexity index is 193. The average molecular weight is 198 g/mol. The Morgan fingerprint density at radius 3 is 2.36 bits per heavy atom. The van der Waals surface area contributed by atoms with E-state index >= 15 is 0 Å². The topological polar surface area (TPSA) is 49.5 Å². The van der Waals surface area contributed by atoms with Gasteiger partial charge < -0.3 is 15.7 Å². The van der Waals surface area contributed by atoms with E-state index in [1.54, 1.807) is 0 Å². The Morgan fingerprint density at radius 1 is 1.36 bits per heavy atom. The first-order chi connectivity index (χ1) is 6.66. The maximum Gasteiger partial charge on any atom is 0.0552 e. The highest BCUT2D eigenvalue weighted by molar-refractivity contribution is 5.00. The second-order valence-electron chi connectivity index (χ2n) is 5.21. The van der Waals surface area contributed by atoms with Crippen LogP contribution in [-0.4, -0.2) is 42.8 Å². The van der Waals surface area contributed by atoms with Crippen molar-refractivity contribution in [2.24, 2.45) is 17.1 Å². The third-order valence-electron chi connectivity index (χ3n) is 4.28. The monoisotopic (exact) mass is 198 g/mol. The van der Waals surface area contributed by atoms with Crippen LogP contribution in [0.25, 0.3) is 0 Å². The molecule has 2 fully saturated rings. The van der Waals surface area contributed by atoms with Crippen LogP contribution >= 0.6 is 0 Å². The van der Waals surface area contributed by atoms with Crippen molar-refractivity contribution in [1.82, 2.24) is 4.90 Å². The van der Waals surface area contributed by atoms with Crippen LogP contribution in [-0.2, 0) is 0 Å². The van der Waals surface area contributed by atoms with Crippen LogP contribution in [0.2, 0.25) is 0 Å². The van der Waals surface area contributed by atoms with Crippen molar-refractivity contribution in [3.63, 3.8) is 0 Å². The number of nitrogens with two attached hydrogens (primary N) is 1. The lowest BCUT2D eigenvalue weighted by molar-refractivity contribution is -0.0777. The predicted octanol–water partition coefficient (Wildman–Crippen LogP) is 0.428. The zero-order chi connectivity index (χ0) is 10.2. The van der Waals surface area contributed by atoms with Crippen molar-refractivity contribution in [2.45, 2.75) is 31.8 Å². The molecule has 1 aliphatic heterocycles. The Hall–Kier alpha value is -0.120. The molecule has 1 saturated heterocycles. The molecule has 0 aromatic rings. The van der Waals surface area contributed by atoms with E-state index < -0.39 is 0 Å². The normalized spacial score (nSPS) is 40.9. The Labute approximate surface area is 86.3 Å². The van der Waals surface area contributed by atoms with E-state index in [0.717, 1.165) is 25.3 Å². The van der Waals surface area contributed by atoms with Crippen LogP contribution in [0.5, 0.6) is 0 Å². The molecule has 0 aromatic carbocycles. The van der Waals surface area contributed by atoms with Crippen molar-refractivity contribution in [3.8, 4) is 0 Å². The van der Waals surface area contributed by atoms with Gasteiger partial charge in [0.05, 0.1) is 6.10 Å². The third kappa shape index (κ3) is 1.69. The van der Waals surface area contributed by atoms with Gasteiger partial charge in [0.15, 0.2) is 0 Å². The number of aliphatic hydroxyl groups is 1. The Balaban J connectivity index is 1.93. The molecule has 82 valence electrons. The minimum atomic E-state index is -0.0711. The number of nitrogens with zero attached hydrogens (tertiary/aromatic N) is 1. The summed E-state index contributed by atoms with van der Waals surface area (Å²) in [5.41, 5.74) is 6.16. The zero-order valence-corrected chi connectivity index (χ0v) is 9.08. The fourth-order valence-electron chi connectivity index (χ4n) is 3.17. The van der Waals surface area contributed by atoms with Gasteiger partial charge in [0.25, 0.3) is 0 Å². The summed E-state index contributed by atoms with van der Waals surface area (Å²) in [7, 11) is 2.18. The smallest absolute Gasteiger partial charge is 0.0552 e. The van der Waals surface area contributed by atoms with Gasteiger partial charge in [-0.2, -0.15) is 0 Å². The summed E-state index contributed by atoms with van der Waals surface area (Å²) in [5.74, 6) is 0.757. The van der Waals surface area contributed by atoms with Gasteiger partial charge in [0.1, 0.15) is 0 Å². The number of likely N-dealkylation sites (tertiary alicyclic amines) is 1. The number of aliphatic hydroxyl groups excluding tert-OH is 1. The van der Waals surface area contributed by atoms with Crippen LogP contribution in [0, 0.1) is 11.3 Å². The maximum atomic E-state index is 9.43. The first kappa shape index (κ1) is 10.4. The Morgan fingerprint density at radius 2 is 1.93 bits per heavy atom. The third-order valence-corrected chi connectivity index (χ3v) is 4.28. The van der Waals surface area contributed by atoms with Gasteiger partial charge in [-0.3, -0.25) is 0 Å². The molecule has 1 heterocycles. The molecule has 0 unspecified atom stereocenters. The summed E-state index contributed by atoms with van der Waals surface area (Å²) >= 11 is 0. The first-order valence-corrected chi connectivity index (χ1v) is 5.73. The van der Waals surface area contributed by atoms with Gasteiger partial charge in [-0.15, -0.1) is 0 Å². The van der Waals surface area contributed by atoms with Crippen molar-refractivity contribution in [3.05, 3.63) is 0 Å². The molecule has 0 atom stereocenters. The molecular weight excluding hydrogens is 176 g/mol. The van der Waals surface area contributed by atoms with Gasteiger partial charge in [-0.1, -0.05) is 0 Å². The van der Waals surface area contributed by atoms with Crippen LogP contribution < -0.4 is 5.73 Å². The molecule has 0 aromatic heterocycles. The van der Waals surface area contributed by atoms with Crippen molar-refractivity contribution in [1.29, 1.82) is 0 Å². The van der Waals surface area contributed by atoms with Crippen molar-refractivity contribution in [2.75, 3.05) is 26.7 Å². The highest BCUT2D eigenvalue weighted by Crippen LogP contribution is 2.49. The van der Waals surface area contributed by atoms with Crippen LogP contribution in [0.15, 0.2) is 0 Å². The summed E-state index contributed by atoms with van der Waals surface area (Å²) < 4.78 is 0. The standard InChI is InChI=1S/C11H22N2O/c1-13-4-2-9(3-5-13)11(8-12)6-10(14)7-11/h9-10,14H,2-8,12H2,1H3. The minimum Gasteiger partial charge on any atom is -0.393 e. The molecule has 0 bridgehead atoms. The molecule has 3 nitrogen and oxygen atoms in total. The average Bonchev–Trinajstić information content (AvgIpc) is 2.14. The van der Waals surface area contributed by atoms with E-state index in [0.29, 0.717) is 5.41 Å². The van der Waals surface area contributed by atoms with E-state index in [4.69, 9.17) is 5.73 Å². The fourth-order valence-corrected chi connectivity index (χ4v) is 3.17. The van der Waals surface area contributed by atoms with Gasteiger partial charge in [-0.05, 0) is 63.7 Å². The number of hydrogen-bond donors (Lipinski definition) is 2. The van der Waals surface area contributed by atoms with Crippen LogP contribution in [0.1, 0.15) is 25.7 Å². The minimum absolute atomic E-state index is 0.0711. The number of rotatable bonds is 2. The number of hydrogen-bond acceptors (Lipinski definition) is 3. The second kappa shape index (κ2) is 3.80. The molecule has 3 heteroatoms.